The number of likely N-dealkylation sites (tertiary alicyclic amines) is 1. The highest BCUT2D eigenvalue weighted by Gasteiger charge is 2.33. The van der Waals surface area contributed by atoms with Gasteiger partial charge in [0.05, 0.1) is 12.7 Å². The van der Waals surface area contributed by atoms with E-state index in [-0.39, 0.29) is 6.04 Å². The number of carbonyl (C=O) groups excluding carboxylic acids is 1. The molecule has 2 atom stereocenters. The van der Waals surface area contributed by atoms with Crippen LogP contribution in [0.4, 0.5) is 0 Å². The zero-order valence-corrected chi connectivity index (χ0v) is 12.0. The first kappa shape index (κ1) is 13.8. The minimum atomic E-state index is 0.0614. The average Bonchev–Trinajstić information content (AvgIpc) is 2.61. The Morgan fingerprint density at radius 2 is 2.22 bits per heavy atom. The second kappa shape index (κ2) is 6.02. The van der Waals surface area contributed by atoms with Crippen molar-refractivity contribution in [1.29, 1.82) is 0 Å². The molecule has 0 aliphatic carbocycles. The van der Waals surface area contributed by atoms with E-state index in [9.17, 15) is 4.79 Å². The monoisotopic (exact) mass is 253 g/mol. The van der Waals surface area contributed by atoms with E-state index in [0.29, 0.717) is 17.7 Å². The summed E-state index contributed by atoms with van der Waals surface area (Å²) in [5.74, 6) is 1.55. The standard InChI is InChI=1S/C14H27N3O/c1-11(2)7-13-14(18)17(10-15-13)9-12-5-4-6-16(3)8-12/h11-13,15H,4-10H2,1-3H3. The van der Waals surface area contributed by atoms with Crippen LogP contribution in [-0.4, -0.2) is 55.1 Å². The lowest BCUT2D eigenvalue weighted by atomic mass is 9.97. The molecule has 4 nitrogen and oxygen atoms in total. The van der Waals surface area contributed by atoms with E-state index in [4.69, 9.17) is 0 Å². The summed E-state index contributed by atoms with van der Waals surface area (Å²) in [6.45, 7) is 8.37. The summed E-state index contributed by atoms with van der Waals surface area (Å²) in [5, 5.41) is 3.35. The van der Waals surface area contributed by atoms with Crippen LogP contribution in [0.15, 0.2) is 0 Å². The van der Waals surface area contributed by atoms with Gasteiger partial charge in [0.2, 0.25) is 5.91 Å². The Bertz CT molecular complexity index is 293. The van der Waals surface area contributed by atoms with E-state index >= 15 is 0 Å². The number of hydrogen-bond acceptors (Lipinski definition) is 3. The number of nitrogens with zero attached hydrogens (tertiary/aromatic N) is 2. The van der Waals surface area contributed by atoms with Crippen molar-refractivity contribution in [1.82, 2.24) is 15.1 Å². The van der Waals surface area contributed by atoms with Gasteiger partial charge in [-0.3, -0.25) is 10.1 Å². The molecule has 4 heteroatoms. The van der Waals surface area contributed by atoms with E-state index in [2.05, 4.69) is 31.1 Å². The van der Waals surface area contributed by atoms with Gasteiger partial charge in [-0.15, -0.1) is 0 Å². The zero-order valence-electron chi connectivity index (χ0n) is 12.0. The number of rotatable bonds is 4. The molecular weight excluding hydrogens is 226 g/mol. The number of carbonyl (C=O) groups is 1. The Labute approximate surface area is 111 Å². The van der Waals surface area contributed by atoms with Crippen molar-refractivity contribution in [2.24, 2.45) is 11.8 Å². The van der Waals surface area contributed by atoms with Gasteiger partial charge in [-0.25, -0.2) is 0 Å². The first-order valence-corrected chi connectivity index (χ1v) is 7.27. The first-order chi connectivity index (χ1) is 8.56. The minimum absolute atomic E-state index is 0.0614. The fraction of sp³-hybridized carbons (Fsp3) is 0.929. The number of piperidine rings is 1. The molecule has 2 unspecified atom stereocenters. The van der Waals surface area contributed by atoms with Gasteiger partial charge in [-0.2, -0.15) is 0 Å². The van der Waals surface area contributed by atoms with Crippen molar-refractivity contribution in [3.05, 3.63) is 0 Å². The van der Waals surface area contributed by atoms with Gasteiger partial charge in [0, 0.05) is 13.1 Å². The largest absolute Gasteiger partial charge is 0.328 e. The Kier molecular flexibility index (Phi) is 4.62. The molecule has 2 aliphatic rings. The molecule has 0 radical (unpaired) electrons. The van der Waals surface area contributed by atoms with E-state index in [1.54, 1.807) is 0 Å². The molecule has 1 N–H and O–H groups in total. The van der Waals surface area contributed by atoms with Crippen molar-refractivity contribution in [2.75, 3.05) is 33.4 Å². The summed E-state index contributed by atoms with van der Waals surface area (Å²) in [5.41, 5.74) is 0. The van der Waals surface area contributed by atoms with Crippen LogP contribution in [0, 0.1) is 11.8 Å². The van der Waals surface area contributed by atoms with Gasteiger partial charge in [0.25, 0.3) is 0 Å². The first-order valence-electron chi connectivity index (χ1n) is 7.27. The lowest BCUT2D eigenvalue weighted by Gasteiger charge is -2.32. The predicted molar refractivity (Wildman–Crippen MR) is 73.2 cm³/mol. The molecule has 2 saturated heterocycles. The van der Waals surface area contributed by atoms with Crippen LogP contribution in [0.5, 0.6) is 0 Å². The highest BCUT2D eigenvalue weighted by molar-refractivity contribution is 5.83. The van der Waals surface area contributed by atoms with Crippen molar-refractivity contribution >= 4 is 5.91 Å². The Morgan fingerprint density at radius 1 is 1.44 bits per heavy atom. The van der Waals surface area contributed by atoms with Crippen LogP contribution < -0.4 is 5.32 Å². The maximum Gasteiger partial charge on any atom is 0.240 e. The Morgan fingerprint density at radius 3 is 2.89 bits per heavy atom. The maximum atomic E-state index is 12.2. The Balaban J connectivity index is 1.82. The van der Waals surface area contributed by atoms with Crippen LogP contribution >= 0.6 is 0 Å². The van der Waals surface area contributed by atoms with Crippen LogP contribution in [0.2, 0.25) is 0 Å². The number of amides is 1. The number of nitrogens with one attached hydrogen (secondary N) is 1. The summed E-state index contributed by atoms with van der Waals surface area (Å²) < 4.78 is 0. The highest BCUT2D eigenvalue weighted by atomic mass is 16.2. The SMILES string of the molecule is CC(C)CC1NCN(CC2CCCN(C)C2)C1=O. The number of hydrogen-bond donors (Lipinski definition) is 1. The summed E-state index contributed by atoms with van der Waals surface area (Å²) in [4.78, 5) is 16.7. The lowest BCUT2D eigenvalue weighted by molar-refractivity contribution is -0.129. The molecule has 2 heterocycles. The molecule has 2 fully saturated rings. The third kappa shape index (κ3) is 3.45. The van der Waals surface area contributed by atoms with Crippen molar-refractivity contribution < 1.29 is 4.79 Å². The third-order valence-corrected chi connectivity index (χ3v) is 4.05. The topological polar surface area (TPSA) is 35.6 Å². The Hall–Kier alpha value is -0.610. The van der Waals surface area contributed by atoms with Gasteiger partial charge in [0.15, 0.2) is 0 Å². The quantitative estimate of drug-likeness (QED) is 0.816. The smallest absolute Gasteiger partial charge is 0.240 e. The molecule has 2 rings (SSSR count). The highest BCUT2D eigenvalue weighted by Crippen LogP contribution is 2.19. The van der Waals surface area contributed by atoms with Gasteiger partial charge >= 0.3 is 0 Å². The average molecular weight is 253 g/mol. The summed E-state index contributed by atoms with van der Waals surface area (Å²) >= 11 is 0. The van der Waals surface area contributed by atoms with Crippen molar-refractivity contribution in [2.45, 2.75) is 39.2 Å². The minimum Gasteiger partial charge on any atom is -0.328 e. The fourth-order valence-corrected chi connectivity index (χ4v) is 3.15. The van der Waals surface area contributed by atoms with Gasteiger partial charge in [0.1, 0.15) is 0 Å². The maximum absolute atomic E-state index is 12.2. The molecule has 18 heavy (non-hydrogen) atoms. The molecule has 104 valence electrons. The van der Waals surface area contributed by atoms with Gasteiger partial charge in [-0.05, 0) is 44.7 Å². The molecule has 0 aromatic carbocycles. The second-order valence-corrected chi connectivity index (χ2v) is 6.38. The van der Waals surface area contributed by atoms with Gasteiger partial charge < -0.3 is 9.80 Å². The molecule has 0 aromatic rings. The zero-order chi connectivity index (χ0) is 13.1. The van der Waals surface area contributed by atoms with Crippen LogP contribution in [-0.2, 0) is 4.79 Å². The normalized spacial score (nSPS) is 30.4. The molecule has 1 amide bonds. The summed E-state index contributed by atoms with van der Waals surface area (Å²) in [6, 6.07) is 0.0614. The van der Waals surface area contributed by atoms with Gasteiger partial charge in [-0.1, -0.05) is 13.8 Å². The lowest BCUT2D eigenvalue weighted by Crippen LogP contribution is -2.40. The molecular formula is C14H27N3O. The summed E-state index contributed by atoms with van der Waals surface area (Å²) in [6.07, 6.45) is 3.49. The molecule has 0 aromatic heterocycles. The fourth-order valence-electron chi connectivity index (χ4n) is 3.15. The van der Waals surface area contributed by atoms with Crippen LogP contribution in [0.25, 0.3) is 0 Å². The van der Waals surface area contributed by atoms with Crippen LogP contribution in [0.1, 0.15) is 33.1 Å². The van der Waals surface area contributed by atoms with Crippen molar-refractivity contribution in [3.8, 4) is 0 Å². The van der Waals surface area contributed by atoms with Crippen molar-refractivity contribution in [3.63, 3.8) is 0 Å². The molecule has 0 bridgehead atoms. The van der Waals surface area contributed by atoms with E-state index in [1.807, 2.05) is 4.90 Å². The predicted octanol–water partition coefficient (Wildman–Crippen LogP) is 1.13. The van der Waals surface area contributed by atoms with E-state index in [0.717, 1.165) is 26.2 Å². The summed E-state index contributed by atoms with van der Waals surface area (Å²) in [7, 11) is 2.18. The molecule has 0 saturated carbocycles. The van der Waals surface area contributed by atoms with E-state index in [1.165, 1.54) is 19.4 Å². The van der Waals surface area contributed by atoms with Crippen LogP contribution in [0.3, 0.4) is 0 Å². The molecule has 2 aliphatic heterocycles. The van der Waals surface area contributed by atoms with E-state index < -0.39 is 0 Å². The molecule has 0 spiro atoms. The second-order valence-electron chi connectivity index (χ2n) is 6.38. The third-order valence-electron chi connectivity index (χ3n) is 4.05.